The van der Waals surface area contributed by atoms with E-state index in [-0.39, 0.29) is 23.8 Å². The summed E-state index contributed by atoms with van der Waals surface area (Å²) in [6.07, 6.45) is 6.90. The molecule has 3 aliphatic heterocycles. The molecule has 3 fully saturated rings. The number of rotatable bonds is 6. The molecule has 1 atom stereocenters. The van der Waals surface area contributed by atoms with E-state index in [9.17, 15) is 9.59 Å². The third-order valence-corrected chi connectivity index (χ3v) is 7.54. The van der Waals surface area contributed by atoms with Crippen LogP contribution in [0.5, 0.6) is 0 Å². The standard InChI is InChI=1S/C22H33N3O3S/c26-21(15-20-4-2-14-29-20)25-11-7-18(8-12-25)24-9-5-17(6-10-24)22(27)23-16-19-3-1-13-28-19/h2,4,14,17-19H,1,3,5-13,15-16H2,(H,23,27)/t19-/m0/s1. The normalized spacial score (nSPS) is 24.7. The molecule has 6 nitrogen and oxygen atoms in total. The SMILES string of the molecule is O=C(NC[C@@H]1CCCO1)C1CCN(C2CCN(C(=O)Cc3cccs3)CC2)CC1. The van der Waals surface area contributed by atoms with E-state index in [0.717, 1.165) is 76.2 Å². The second kappa shape index (κ2) is 10.0. The average Bonchev–Trinajstić information content (AvgIpc) is 3.46. The Bertz CT molecular complexity index is 659. The number of piperidine rings is 2. The molecule has 3 saturated heterocycles. The lowest BCUT2D eigenvalue weighted by atomic mass is 9.92. The van der Waals surface area contributed by atoms with Crippen LogP contribution in [0.3, 0.4) is 0 Å². The van der Waals surface area contributed by atoms with E-state index in [1.54, 1.807) is 11.3 Å². The zero-order chi connectivity index (χ0) is 20.1. The number of hydrogen-bond donors (Lipinski definition) is 1. The van der Waals surface area contributed by atoms with Crippen molar-refractivity contribution in [1.82, 2.24) is 15.1 Å². The maximum Gasteiger partial charge on any atom is 0.227 e. The summed E-state index contributed by atoms with van der Waals surface area (Å²) >= 11 is 1.66. The summed E-state index contributed by atoms with van der Waals surface area (Å²) in [5.41, 5.74) is 0. The van der Waals surface area contributed by atoms with Gasteiger partial charge in [-0.05, 0) is 63.1 Å². The third-order valence-electron chi connectivity index (χ3n) is 6.67. The quantitative estimate of drug-likeness (QED) is 0.769. The predicted molar refractivity (Wildman–Crippen MR) is 114 cm³/mol. The van der Waals surface area contributed by atoms with Crippen LogP contribution in [-0.2, 0) is 20.7 Å². The van der Waals surface area contributed by atoms with Gasteiger partial charge in [0.15, 0.2) is 0 Å². The Labute approximate surface area is 177 Å². The van der Waals surface area contributed by atoms with Crippen LogP contribution >= 0.6 is 11.3 Å². The fourth-order valence-electron chi connectivity index (χ4n) is 4.85. The summed E-state index contributed by atoms with van der Waals surface area (Å²) in [4.78, 5) is 30.7. The van der Waals surface area contributed by atoms with Gasteiger partial charge in [0.25, 0.3) is 0 Å². The Morgan fingerprint density at radius 2 is 1.90 bits per heavy atom. The average molecular weight is 420 g/mol. The van der Waals surface area contributed by atoms with E-state index in [1.165, 1.54) is 0 Å². The third kappa shape index (κ3) is 5.58. The molecule has 0 spiro atoms. The number of carbonyl (C=O) groups excluding carboxylic acids is 2. The number of thiophene rings is 1. The van der Waals surface area contributed by atoms with Gasteiger partial charge in [0.1, 0.15) is 0 Å². The lowest BCUT2D eigenvalue weighted by Gasteiger charge is -2.41. The van der Waals surface area contributed by atoms with E-state index >= 15 is 0 Å². The largest absolute Gasteiger partial charge is 0.376 e. The van der Waals surface area contributed by atoms with Crippen molar-refractivity contribution in [2.45, 2.75) is 57.1 Å². The summed E-state index contributed by atoms with van der Waals surface area (Å²) in [5, 5.41) is 5.13. The molecular formula is C22H33N3O3S. The molecule has 0 saturated carbocycles. The van der Waals surface area contributed by atoms with Gasteiger partial charge in [-0.2, -0.15) is 0 Å². The van der Waals surface area contributed by atoms with Crippen LogP contribution in [0.25, 0.3) is 0 Å². The molecular weight excluding hydrogens is 386 g/mol. The highest BCUT2D eigenvalue weighted by atomic mass is 32.1. The Balaban J connectivity index is 1.15. The first-order valence-electron chi connectivity index (χ1n) is 11.1. The summed E-state index contributed by atoms with van der Waals surface area (Å²) in [6, 6.07) is 4.60. The molecule has 1 N–H and O–H groups in total. The first-order valence-corrected chi connectivity index (χ1v) is 12.0. The van der Waals surface area contributed by atoms with Crippen molar-refractivity contribution >= 4 is 23.2 Å². The molecule has 0 radical (unpaired) electrons. The first kappa shape index (κ1) is 20.8. The molecule has 4 heterocycles. The minimum absolute atomic E-state index is 0.139. The molecule has 2 amide bonds. The minimum atomic E-state index is 0.139. The number of carbonyl (C=O) groups is 2. The Hall–Kier alpha value is -1.44. The minimum Gasteiger partial charge on any atom is -0.376 e. The highest BCUT2D eigenvalue weighted by molar-refractivity contribution is 7.10. The summed E-state index contributed by atoms with van der Waals surface area (Å²) in [7, 11) is 0. The Morgan fingerprint density at radius 1 is 1.10 bits per heavy atom. The van der Waals surface area contributed by atoms with Crippen LogP contribution < -0.4 is 5.32 Å². The van der Waals surface area contributed by atoms with Crippen molar-refractivity contribution in [2.24, 2.45) is 5.92 Å². The van der Waals surface area contributed by atoms with Gasteiger partial charge in [0, 0.05) is 43.1 Å². The maximum atomic E-state index is 12.5. The van der Waals surface area contributed by atoms with Gasteiger partial charge in [-0.15, -0.1) is 11.3 Å². The molecule has 1 aromatic heterocycles. The number of amides is 2. The fourth-order valence-corrected chi connectivity index (χ4v) is 5.54. The van der Waals surface area contributed by atoms with Crippen LogP contribution in [0.2, 0.25) is 0 Å². The molecule has 1 aromatic rings. The van der Waals surface area contributed by atoms with Gasteiger partial charge in [-0.1, -0.05) is 6.07 Å². The van der Waals surface area contributed by atoms with Gasteiger partial charge in [0.05, 0.1) is 12.5 Å². The molecule has 29 heavy (non-hydrogen) atoms. The van der Waals surface area contributed by atoms with Crippen molar-refractivity contribution in [1.29, 1.82) is 0 Å². The summed E-state index contributed by atoms with van der Waals surface area (Å²) < 4.78 is 5.59. The predicted octanol–water partition coefficient (Wildman–Crippen LogP) is 2.29. The van der Waals surface area contributed by atoms with Crippen molar-refractivity contribution in [3.8, 4) is 0 Å². The number of ether oxygens (including phenoxy) is 1. The Kier molecular flexibility index (Phi) is 7.21. The van der Waals surface area contributed by atoms with E-state index < -0.39 is 0 Å². The lowest BCUT2D eigenvalue weighted by molar-refractivity contribution is -0.132. The highest BCUT2D eigenvalue weighted by Gasteiger charge is 2.32. The van der Waals surface area contributed by atoms with Crippen molar-refractivity contribution < 1.29 is 14.3 Å². The molecule has 3 aliphatic rings. The molecule has 0 unspecified atom stereocenters. The fraction of sp³-hybridized carbons (Fsp3) is 0.727. The second-order valence-electron chi connectivity index (χ2n) is 8.56. The molecule has 0 bridgehead atoms. The van der Waals surface area contributed by atoms with Crippen LogP contribution in [0, 0.1) is 5.92 Å². The zero-order valence-corrected chi connectivity index (χ0v) is 18.0. The summed E-state index contributed by atoms with van der Waals surface area (Å²) in [6.45, 7) is 5.19. The molecule has 4 rings (SSSR count). The van der Waals surface area contributed by atoms with Crippen LogP contribution in [-0.4, -0.2) is 73.1 Å². The van der Waals surface area contributed by atoms with Gasteiger partial charge in [-0.3, -0.25) is 9.59 Å². The molecule has 7 heteroatoms. The Morgan fingerprint density at radius 3 is 2.55 bits per heavy atom. The topological polar surface area (TPSA) is 61.9 Å². The molecule has 0 aromatic carbocycles. The van der Waals surface area contributed by atoms with Gasteiger partial charge >= 0.3 is 0 Å². The monoisotopic (exact) mass is 419 g/mol. The van der Waals surface area contributed by atoms with Crippen LogP contribution in [0.4, 0.5) is 0 Å². The van der Waals surface area contributed by atoms with E-state index in [0.29, 0.717) is 19.0 Å². The molecule has 160 valence electrons. The van der Waals surface area contributed by atoms with Crippen LogP contribution in [0.15, 0.2) is 17.5 Å². The van der Waals surface area contributed by atoms with E-state index in [4.69, 9.17) is 4.74 Å². The van der Waals surface area contributed by atoms with Crippen molar-refractivity contribution in [2.75, 3.05) is 39.3 Å². The number of nitrogens with one attached hydrogen (secondary N) is 1. The van der Waals surface area contributed by atoms with Gasteiger partial charge < -0.3 is 19.9 Å². The van der Waals surface area contributed by atoms with E-state index in [2.05, 4.69) is 10.2 Å². The first-order chi connectivity index (χ1) is 14.2. The van der Waals surface area contributed by atoms with Crippen LogP contribution in [0.1, 0.15) is 43.4 Å². The maximum absolute atomic E-state index is 12.5. The number of likely N-dealkylation sites (tertiary alicyclic amines) is 2. The van der Waals surface area contributed by atoms with Gasteiger partial charge in [-0.25, -0.2) is 0 Å². The second-order valence-corrected chi connectivity index (χ2v) is 9.59. The molecule has 0 aliphatic carbocycles. The number of nitrogens with zero attached hydrogens (tertiary/aromatic N) is 2. The number of hydrogen-bond acceptors (Lipinski definition) is 5. The summed E-state index contributed by atoms with van der Waals surface area (Å²) in [5.74, 6) is 0.599. The smallest absolute Gasteiger partial charge is 0.227 e. The van der Waals surface area contributed by atoms with Crippen molar-refractivity contribution in [3.05, 3.63) is 22.4 Å². The van der Waals surface area contributed by atoms with Crippen molar-refractivity contribution in [3.63, 3.8) is 0 Å². The van der Waals surface area contributed by atoms with E-state index in [1.807, 2.05) is 22.4 Å². The van der Waals surface area contributed by atoms with Gasteiger partial charge in [0.2, 0.25) is 11.8 Å². The zero-order valence-electron chi connectivity index (χ0n) is 17.2. The highest BCUT2D eigenvalue weighted by Crippen LogP contribution is 2.25. The lowest BCUT2D eigenvalue weighted by Crippen LogP contribution is -2.50.